The fourth-order valence-electron chi connectivity index (χ4n) is 1.71. The Hall–Kier alpha value is -0.260. The van der Waals surface area contributed by atoms with Crippen molar-refractivity contribution >= 4 is 0 Å². The van der Waals surface area contributed by atoms with E-state index >= 15 is 0 Å². The molecule has 2 bridgehead atoms. The molecule has 1 atom stereocenters. The van der Waals surface area contributed by atoms with E-state index in [2.05, 4.69) is 13.0 Å². The Kier molecular flexibility index (Phi) is 0.787. The first-order chi connectivity index (χ1) is 3.86. The van der Waals surface area contributed by atoms with Gasteiger partial charge in [-0.05, 0) is 38.2 Å². The topological polar surface area (TPSA) is 0 Å². The minimum absolute atomic E-state index is 0.907. The molecule has 2 radical (unpaired) electrons. The van der Waals surface area contributed by atoms with E-state index in [0.717, 1.165) is 5.92 Å². The largest absolute Gasteiger partial charge is 0.0661 e. The van der Waals surface area contributed by atoms with E-state index in [0.29, 0.717) is 0 Å². The molecule has 0 heterocycles. The Morgan fingerprint density at radius 3 is 2.75 bits per heavy atom. The molecule has 1 saturated carbocycles. The van der Waals surface area contributed by atoms with Gasteiger partial charge in [0.15, 0.2) is 0 Å². The molecule has 8 heavy (non-hydrogen) atoms. The molecule has 2 aliphatic carbocycles. The summed E-state index contributed by atoms with van der Waals surface area (Å²) in [5, 5.41) is 0. The Bertz CT molecular complexity index is 133. The van der Waals surface area contributed by atoms with Crippen molar-refractivity contribution in [1.29, 1.82) is 0 Å². The summed E-state index contributed by atoms with van der Waals surface area (Å²) in [6.45, 7) is 2.21. The standard InChI is InChI=1S/C8H10/c1-6-4-7-2-3-8(6)5-7/h8H,2-3,5H2,1H3. The normalized spacial score (nSPS) is 36.1. The summed E-state index contributed by atoms with van der Waals surface area (Å²) in [5.74, 6) is 2.48. The van der Waals surface area contributed by atoms with E-state index in [1.165, 1.54) is 24.8 Å². The number of fused-ring (bicyclic) bond motifs is 2. The first-order valence-corrected chi connectivity index (χ1v) is 3.31. The van der Waals surface area contributed by atoms with Gasteiger partial charge in [0.1, 0.15) is 0 Å². The quantitative estimate of drug-likeness (QED) is 0.443. The summed E-state index contributed by atoms with van der Waals surface area (Å²) in [7, 11) is 0. The molecule has 0 nitrogen and oxygen atoms in total. The minimum atomic E-state index is 0.907. The molecular formula is C8H10. The smallest absolute Gasteiger partial charge is 0.00585 e. The van der Waals surface area contributed by atoms with Gasteiger partial charge in [-0.2, -0.15) is 0 Å². The van der Waals surface area contributed by atoms with Gasteiger partial charge in [-0.15, -0.1) is 0 Å². The second-order valence-electron chi connectivity index (χ2n) is 2.85. The Morgan fingerprint density at radius 2 is 2.50 bits per heavy atom. The second-order valence-corrected chi connectivity index (χ2v) is 2.85. The van der Waals surface area contributed by atoms with Crippen molar-refractivity contribution in [2.75, 3.05) is 0 Å². The van der Waals surface area contributed by atoms with Gasteiger partial charge < -0.3 is 0 Å². The molecular weight excluding hydrogens is 96.1 g/mol. The van der Waals surface area contributed by atoms with E-state index in [1.807, 2.05) is 0 Å². The molecule has 0 N–H and O–H groups in total. The number of allylic oxidation sites excluding steroid dienone is 2. The number of rotatable bonds is 0. The van der Waals surface area contributed by atoms with Gasteiger partial charge in [-0.1, -0.05) is 5.57 Å². The van der Waals surface area contributed by atoms with Crippen LogP contribution in [0.4, 0.5) is 0 Å². The lowest BCUT2D eigenvalue weighted by Crippen LogP contribution is -1.91. The van der Waals surface area contributed by atoms with Crippen LogP contribution in [-0.4, -0.2) is 0 Å². The van der Waals surface area contributed by atoms with Crippen molar-refractivity contribution in [3.8, 4) is 0 Å². The maximum Gasteiger partial charge on any atom is 0.00585 e. The third kappa shape index (κ3) is 0.460. The second kappa shape index (κ2) is 1.37. The van der Waals surface area contributed by atoms with Crippen LogP contribution in [0.1, 0.15) is 26.2 Å². The van der Waals surface area contributed by atoms with Gasteiger partial charge in [-0.3, -0.25) is 0 Å². The zero-order valence-electron chi connectivity index (χ0n) is 5.20. The molecule has 0 spiro atoms. The molecule has 0 aliphatic heterocycles. The molecule has 2 rings (SSSR count). The molecule has 1 unspecified atom stereocenters. The fourth-order valence-corrected chi connectivity index (χ4v) is 1.71. The van der Waals surface area contributed by atoms with Gasteiger partial charge in [0, 0.05) is 5.92 Å². The van der Waals surface area contributed by atoms with Gasteiger partial charge >= 0.3 is 0 Å². The Balaban J connectivity index is 2.29. The van der Waals surface area contributed by atoms with Crippen LogP contribution in [0.3, 0.4) is 0 Å². The van der Waals surface area contributed by atoms with E-state index in [-0.39, 0.29) is 0 Å². The van der Waals surface area contributed by atoms with Crippen LogP contribution in [0.5, 0.6) is 0 Å². The van der Waals surface area contributed by atoms with E-state index in [9.17, 15) is 0 Å². The van der Waals surface area contributed by atoms with E-state index < -0.39 is 0 Å². The molecule has 0 heteroatoms. The third-order valence-electron chi connectivity index (χ3n) is 2.27. The highest BCUT2D eigenvalue weighted by molar-refractivity contribution is 5.25. The van der Waals surface area contributed by atoms with Crippen LogP contribution in [0.15, 0.2) is 5.57 Å². The lowest BCUT2D eigenvalue weighted by molar-refractivity contribution is 0.656. The van der Waals surface area contributed by atoms with Crippen molar-refractivity contribution < 1.29 is 0 Å². The summed E-state index contributed by atoms with van der Waals surface area (Å²) in [5.41, 5.74) is 1.51. The summed E-state index contributed by atoms with van der Waals surface area (Å²) in [4.78, 5) is 0. The lowest BCUT2D eigenvalue weighted by atomic mass is 10.0. The van der Waals surface area contributed by atoms with Crippen LogP contribution >= 0.6 is 0 Å². The van der Waals surface area contributed by atoms with Gasteiger partial charge in [0.2, 0.25) is 0 Å². The fraction of sp³-hybridized carbons (Fsp3) is 0.625. The average molecular weight is 106 g/mol. The molecule has 0 aromatic heterocycles. The van der Waals surface area contributed by atoms with Gasteiger partial charge in [0.05, 0.1) is 0 Å². The highest BCUT2D eigenvalue weighted by Gasteiger charge is 2.30. The monoisotopic (exact) mass is 106 g/mol. The van der Waals surface area contributed by atoms with E-state index in [4.69, 9.17) is 0 Å². The molecule has 0 aromatic carbocycles. The summed E-state index contributed by atoms with van der Waals surface area (Å²) < 4.78 is 0. The zero-order valence-corrected chi connectivity index (χ0v) is 5.20. The first kappa shape index (κ1) is 4.60. The molecule has 0 amide bonds. The lowest BCUT2D eigenvalue weighted by Gasteiger charge is -2.04. The van der Waals surface area contributed by atoms with E-state index in [1.54, 1.807) is 5.92 Å². The average Bonchev–Trinajstić information content (AvgIpc) is 2.23. The molecule has 1 fully saturated rings. The summed E-state index contributed by atoms with van der Waals surface area (Å²) in [6.07, 6.45) is 7.47. The first-order valence-electron chi connectivity index (χ1n) is 3.31. The molecule has 0 aromatic rings. The van der Waals surface area contributed by atoms with Crippen LogP contribution in [0, 0.1) is 17.9 Å². The van der Waals surface area contributed by atoms with Crippen molar-refractivity contribution in [2.24, 2.45) is 5.92 Å². The number of hydrogen-bond donors (Lipinski definition) is 0. The van der Waals surface area contributed by atoms with Crippen LogP contribution in [0.25, 0.3) is 0 Å². The molecule has 0 saturated heterocycles. The van der Waals surface area contributed by atoms with Crippen LogP contribution in [0.2, 0.25) is 0 Å². The van der Waals surface area contributed by atoms with Crippen LogP contribution in [-0.2, 0) is 0 Å². The summed E-state index contributed by atoms with van der Waals surface area (Å²) >= 11 is 0. The maximum atomic E-state index is 3.39. The zero-order chi connectivity index (χ0) is 5.56. The maximum absolute atomic E-state index is 3.39. The van der Waals surface area contributed by atoms with Gasteiger partial charge in [-0.25, -0.2) is 0 Å². The summed E-state index contributed by atoms with van der Waals surface area (Å²) in [6, 6.07) is 0. The van der Waals surface area contributed by atoms with Crippen molar-refractivity contribution in [3.63, 3.8) is 0 Å². The highest BCUT2D eigenvalue weighted by atomic mass is 14.3. The highest BCUT2D eigenvalue weighted by Crippen LogP contribution is 2.43. The third-order valence-corrected chi connectivity index (χ3v) is 2.27. The number of hydrogen-bond acceptors (Lipinski definition) is 0. The van der Waals surface area contributed by atoms with Crippen molar-refractivity contribution in [3.05, 3.63) is 17.6 Å². The SMILES string of the molecule is CC1=[C][C]2CCC1C2. The van der Waals surface area contributed by atoms with Crippen molar-refractivity contribution in [2.45, 2.75) is 26.2 Å². The predicted molar refractivity (Wildman–Crippen MR) is 33.0 cm³/mol. The minimum Gasteiger partial charge on any atom is -0.0661 e. The molecule has 2 aliphatic rings. The van der Waals surface area contributed by atoms with Crippen LogP contribution < -0.4 is 0 Å². The van der Waals surface area contributed by atoms with Gasteiger partial charge in [0.25, 0.3) is 0 Å². The molecule has 42 valence electrons. The predicted octanol–water partition coefficient (Wildman–Crippen LogP) is 2.12. The Labute approximate surface area is 50.6 Å². The Morgan fingerprint density at radius 1 is 1.62 bits per heavy atom. The van der Waals surface area contributed by atoms with Crippen molar-refractivity contribution in [1.82, 2.24) is 0 Å².